The quantitative estimate of drug-likeness (QED) is 0.349. The van der Waals surface area contributed by atoms with Crippen LogP contribution in [0.1, 0.15) is 58.8 Å². The molecular weight excluding hydrogens is 481 g/mol. The molecule has 4 aliphatic rings. The molecule has 29 heavy (non-hydrogen) atoms. The predicted molar refractivity (Wildman–Crippen MR) is 126 cm³/mol. The van der Waals surface area contributed by atoms with Crippen LogP contribution in [0, 0.1) is 11.3 Å². The molecule has 4 rings (SSSR count). The Balaban J connectivity index is 0.00000240. The summed E-state index contributed by atoms with van der Waals surface area (Å²) in [4.78, 5) is 7.02. The molecule has 0 amide bonds. The van der Waals surface area contributed by atoms with E-state index in [1.165, 1.54) is 25.7 Å². The van der Waals surface area contributed by atoms with Gasteiger partial charge in [-0.1, -0.05) is 13.8 Å². The molecule has 3 saturated heterocycles. The maximum Gasteiger partial charge on any atom is 0.193 e. The average molecular weight is 521 g/mol. The van der Waals surface area contributed by atoms with Gasteiger partial charge >= 0.3 is 0 Å². The van der Waals surface area contributed by atoms with Crippen LogP contribution in [-0.4, -0.2) is 75.2 Å². The van der Waals surface area contributed by atoms with Crippen molar-refractivity contribution in [2.75, 3.05) is 40.0 Å². The first-order chi connectivity index (χ1) is 13.6. The molecule has 4 atom stereocenters. The summed E-state index contributed by atoms with van der Waals surface area (Å²) in [6.45, 7) is 9.26. The molecule has 4 unspecified atom stereocenters. The second-order valence-electron chi connectivity index (χ2n) is 9.60. The summed E-state index contributed by atoms with van der Waals surface area (Å²) in [5.41, 5.74) is 0.169. The minimum Gasteiger partial charge on any atom is -0.377 e. The highest BCUT2D eigenvalue weighted by molar-refractivity contribution is 14.0. The van der Waals surface area contributed by atoms with Crippen molar-refractivity contribution in [2.24, 2.45) is 16.3 Å². The lowest BCUT2D eigenvalue weighted by Gasteiger charge is -2.60. The normalized spacial score (nSPS) is 35.3. The Labute approximate surface area is 193 Å². The smallest absolute Gasteiger partial charge is 0.193 e. The van der Waals surface area contributed by atoms with Crippen molar-refractivity contribution in [1.29, 1.82) is 0 Å². The van der Waals surface area contributed by atoms with Crippen molar-refractivity contribution < 1.29 is 14.2 Å². The molecule has 1 saturated carbocycles. The first kappa shape index (κ1) is 23.5. The van der Waals surface area contributed by atoms with Gasteiger partial charge in [0, 0.05) is 50.7 Å². The Kier molecular flexibility index (Phi) is 8.49. The number of nitrogens with zero attached hydrogens (tertiary/aromatic N) is 2. The SMILES string of the molecule is CN=C(NC1C2CCCOC2C1(C)C)N1CCC(OCC2CCCCO2)CC1.I. The summed E-state index contributed by atoms with van der Waals surface area (Å²) in [6.07, 6.45) is 9.28. The first-order valence-electron chi connectivity index (χ1n) is 11.4. The lowest BCUT2D eigenvalue weighted by atomic mass is 9.55. The molecule has 3 heterocycles. The van der Waals surface area contributed by atoms with Crippen molar-refractivity contribution in [3.63, 3.8) is 0 Å². The van der Waals surface area contributed by atoms with Crippen molar-refractivity contribution >= 4 is 29.9 Å². The molecular formula is C22H40IN3O3. The molecule has 0 bridgehead atoms. The van der Waals surface area contributed by atoms with Crippen molar-refractivity contribution in [1.82, 2.24) is 10.2 Å². The Morgan fingerprint density at radius 3 is 2.52 bits per heavy atom. The molecule has 6 nitrogen and oxygen atoms in total. The predicted octanol–water partition coefficient (Wildman–Crippen LogP) is 3.43. The number of halogens is 1. The molecule has 1 aliphatic carbocycles. The minimum absolute atomic E-state index is 0. The third-order valence-corrected chi connectivity index (χ3v) is 7.36. The van der Waals surface area contributed by atoms with Gasteiger partial charge in [-0.05, 0) is 44.9 Å². The fraction of sp³-hybridized carbons (Fsp3) is 0.955. The van der Waals surface area contributed by atoms with Crippen LogP contribution >= 0.6 is 24.0 Å². The molecule has 0 radical (unpaired) electrons. The number of aliphatic imine (C=N–C) groups is 1. The van der Waals surface area contributed by atoms with E-state index in [1.807, 2.05) is 7.05 Å². The summed E-state index contributed by atoms with van der Waals surface area (Å²) in [5, 5.41) is 3.80. The second kappa shape index (κ2) is 10.5. The highest BCUT2D eigenvalue weighted by Gasteiger charge is 2.58. The fourth-order valence-electron chi connectivity index (χ4n) is 5.67. The number of fused-ring (bicyclic) bond motifs is 1. The summed E-state index contributed by atoms with van der Waals surface area (Å²) in [5.74, 6) is 1.67. The van der Waals surface area contributed by atoms with E-state index in [2.05, 4.69) is 29.1 Å². The van der Waals surface area contributed by atoms with Gasteiger partial charge in [-0.25, -0.2) is 0 Å². The molecule has 0 aromatic heterocycles. The van der Waals surface area contributed by atoms with Gasteiger partial charge in [-0.15, -0.1) is 24.0 Å². The third-order valence-electron chi connectivity index (χ3n) is 7.36. The molecule has 7 heteroatoms. The van der Waals surface area contributed by atoms with Gasteiger partial charge in [0.05, 0.1) is 24.9 Å². The zero-order chi connectivity index (χ0) is 19.6. The monoisotopic (exact) mass is 521 g/mol. The number of ether oxygens (including phenoxy) is 3. The Morgan fingerprint density at radius 1 is 1.07 bits per heavy atom. The van der Waals surface area contributed by atoms with Gasteiger partial charge in [-0.2, -0.15) is 0 Å². The second-order valence-corrected chi connectivity index (χ2v) is 9.60. The van der Waals surface area contributed by atoms with Crippen LogP contribution in [0.3, 0.4) is 0 Å². The van der Waals surface area contributed by atoms with E-state index in [9.17, 15) is 0 Å². The van der Waals surface area contributed by atoms with Gasteiger partial charge in [0.25, 0.3) is 0 Å². The van der Waals surface area contributed by atoms with Gasteiger partial charge in [0.2, 0.25) is 0 Å². The topological polar surface area (TPSA) is 55.3 Å². The zero-order valence-electron chi connectivity index (χ0n) is 18.4. The van der Waals surface area contributed by atoms with Crippen LogP contribution in [0.5, 0.6) is 0 Å². The molecule has 168 valence electrons. The number of rotatable bonds is 4. The molecule has 3 aliphatic heterocycles. The van der Waals surface area contributed by atoms with E-state index in [4.69, 9.17) is 14.2 Å². The number of hydrogen-bond donors (Lipinski definition) is 1. The van der Waals surface area contributed by atoms with Crippen LogP contribution in [0.15, 0.2) is 4.99 Å². The van der Waals surface area contributed by atoms with E-state index >= 15 is 0 Å². The van der Waals surface area contributed by atoms with E-state index in [0.29, 0.717) is 30.3 Å². The summed E-state index contributed by atoms with van der Waals surface area (Å²) < 4.78 is 18.0. The van der Waals surface area contributed by atoms with E-state index < -0.39 is 0 Å². The highest BCUT2D eigenvalue weighted by atomic mass is 127. The van der Waals surface area contributed by atoms with Crippen molar-refractivity contribution in [3.05, 3.63) is 0 Å². The van der Waals surface area contributed by atoms with Crippen LogP contribution in [-0.2, 0) is 14.2 Å². The molecule has 1 N–H and O–H groups in total. The van der Waals surface area contributed by atoms with E-state index in [0.717, 1.165) is 58.1 Å². The van der Waals surface area contributed by atoms with Crippen LogP contribution in [0.4, 0.5) is 0 Å². The summed E-state index contributed by atoms with van der Waals surface area (Å²) in [6, 6.07) is 0.453. The van der Waals surface area contributed by atoms with Crippen LogP contribution in [0.2, 0.25) is 0 Å². The lowest BCUT2D eigenvalue weighted by Crippen LogP contribution is -2.71. The highest BCUT2D eigenvalue weighted by Crippen LogP contribution is 2.51. The molecule has 0 aromatic carbocycles. The number of guanidine groups is 1. The largest absolute Gasteiger partial charge is 0.377 e. The van der Waals surface area contributed by atoms with Crippen LogP contribution in [0.25, 0.3) is 0 Å². The number of nitrogens with one attached hydrogen (secondary N) is 1. The molecule has 0 spiro atoms. The molecule has 0 aromatic rings. The summed E-state index contributed by atoms with van der Waals surface area (Å²) in [7, 11) is 1.91. The average Bonchev–Trinajstić information content (AvgIpc) is 2.74. The van der Waals surface area contributed by atoms with Gasteiger partial charge < -0.3 is 24.4 Å². The van der Waals surface area contributed by atoms with Gasteiger partial charge in [0.15, 0.2) is 5.96 Å². The van der Waals surface area contributed by atoms with Crippen molar-refractivity contribution in [3.8, 4) is 0 Å². The number of piperidine rings is 1. The van der Waals surface area contributed by atoms with E-state index in [1.54, 1.807) is 0 Å². The maximum atomic E-state index is 6.17. The van der Waals surface area contributed by atoms with Crippen LogP contribution < -0.4 is 5.32 Å². The van der Waals surface area contributed by atoms with E-state index in [-0.39, 0.29) is 29.4 Å². The lowest BCUT2D eigenvalue weighted by molar-refractivity contribution is -0.188. The number of hydrogen-bond acceptors (Lipinski definition) is 4. The third kappa shape index (κ3) is 5.21. The van der Waals surface area contributed by atoms with Gasteiger partial charge in [0.1, 0.15) is 0 Å². The first-order valence-corrected chi connectivity index (χ1v) is 11.4. The number of likely N-dealkylation sites (tertiary alicyclic amines) is 1. The Hall–Kier alpha value is -0.120. The minimum atomic E-state index is 0. The Morgan fingerprint density at radius 2 is 1.83 bits per heavy atom. The van der Waals surface area contributed by atoms with Crippen molar-refractivity contribution in [2.45, 2.75) is 83.1 Å². The Bertz CT molecular complexity index is 545. The maximum absolute atomic E-state index is 6.17. The summed E-state index contributed by atoms with van der Waals surface area (Å²) >= 11 is 0. The van der Waals surface area contributed by atoms with Gasteiger partial charge in [-0.3, -0.25) is 4.99 Å². The zero-order valence-corrected chi connectivity index (χ0v) is 20.7. The fourth-order valence-corrected chi connectivity index (χ4v) is 5.67. The molecule has 4 fully saturated rings. The standard InChI is InChI=1S/C22H39N3O3.HI/c1-22(2)19(18-8-6-14-27-20(18)22)24-21(23-3)25-11-9-16(10-12-25)28-15-17-7-4-5-13-26-17;/h16-20H,4-15H2,1-3H3,(H,23,24);1H.